The van der Waals surface area contributed by atoms with Crippen molar-refractivity contribution in [3.63, 3.8) is 0 Å². The number of nitrogens with zero attached hydrogens (tertiary/aromatic N) is 4. The standard InChI is InChI=1S/C25H30N6O3S/c1-16-5-8-20(9-6-16)31-24(30-11-13-34-14-12-30)28-29-25(31)35-19(4)22(32)27-23(33)26-21-10-7-17(2)15-18(21)3/h5-10,15,19H,11-14H2,1-4H3,(H2,26,27,32,33). The summed E-state index contributed by atoms with van der Waals surface area (Å²) < 4.78 is 7.44. The Bertz CT molecular complexity index is 1200. The first-order chi connectivity index (χ1) is 16.8. The number of urea groups is 1. The van der Waals surface area contributed by atoms with E-state index in [-0.39, 0.29) is 0 Å². The molecule has 2 heterocycles. The number of carbonyl (C=O) groups excluding carboxylic acids is 2. The minimum absolute atomic E-state index is 0.413. The maximum atomic E-state index is 12.8. The van der Waals surface area contributed by atoms with E-state index in [1.807, 2.05) is 67.8 Å². The average Bonchev–Trinajstić information content (AvgIpc) is 3.25. The van der Waals surface area contributed by atoms with Gasteiger partial charge in [0.25, 0.3) is 0 Å². The van der Waals surface area contributed by atoms with Crippen molar-refractivity contribution in [3.8, 4) is 5.69 Å². The number of aromatic nitrogens is 3. The fourth-order valence-corrected chi connectivity index (χ4v) is 4.62. The van der Waals surface area contributed by atoms with Crippen LogP contribution in [-0.2, 0) is 9.53 Å². The lowest BCUT2D eigenvalue weighted by Gasteiger charge is -2.28. The molecule has 0 bridgehead atoms. The number of aryl methyl sites for hydroxylation is 3. The summed E-state index contributed by atoms with van der Waals surface area (Å²) in [5.41, 5.74) is 4.74. The molecule has 1 unspecified atom stereocenters. The number of carbonyl (C=O) groups is 2. The Hall–Kier alpha value is -3.37. The number of amides is 3. The third-order valence-electron chi connectivity index (χ3n) is 5.72. The number of thioether (sulfide) groups is 1. The zero-order valence-electron chi connectivity index (χ0n) is 20.4. The van der Waals surface area contributed by atoms with Crippen LogP contribution in [0.5, 0.6) is 0 Å². The lowest BCUT2D eigenvalue weighted by atomic mass is 10.1. The lowest BCUT2D eigenvalue weighted by molar-refractivity contribution is -0.119. The summed E-state index contributed by atoms with van der Waals surface area (Å²) in [5, 5.41) is 14.0. The highest BCUT2D eigenvalue weighted by Crippen LogP contribution is 2.30. The second-order valence-electron chi connectivity index (χ2n) is 8.57. The molecule has 0 radical (unpaired) electrons. The number of morpholine rings is 1. The van der Waals surface area contributed by atoms with Gasteiger partial charge in [-0.05, 0) is 51.5 Å². The molecule has 1 atom stereocenters. The maximum Gasteiger partial charge on any atom is 0.325 e. The van der Waals surface area contributed by atoms with E-state index in [1.54, 1.807) is 6.92 Å². The summed E-state index contributed by atoms with van der Waals surface area (Å²) in [7, 11) is 0. The fourth-order valence-electron chi connectivity index (χ4n) is 3.76. The maximum absolute atomic E-state index is 12.8. The van der Waals surface area contributed by atoms with Gasteiger partial charge in [-0.15, -0.1) is 10.2 Å². The van der Waals surface area contributed by atoms with E-state index in [0.29, 0.717) is 43.1 Å². The van der Waals surface area contributed by atoms with Crippen LogP contribution in [0.25, 0.3) is 5.69 Å². The van der Waals surface area contributed by atoms with E-state index in [1.165, 1.54) is 11.8 Å². The van der Waals surface area contributed by atoms with Gasteiger partial charge < -0.3 is 15.0 Å². The second kappa shape index (κ2) is 10.9. The first-order valence-electron chi connectivity index (χ1n) is 11.5. The van der Waals surface area contributed by atoms with Crippen molar-refractivity contribution in [2.45, 2.75) is 38.1 Å². The van der Waals surface area contributed by atoms with Crippen molar-refractivity contribution >= 4 is 35.3 Å². The molecule has 1 fully saturated rings. The molecular weight excluding hydrogens is 464 g/mol. The van der Waals surface area contributed by atoms with Crippen molar-refractivity contribution in [1.29, 1.82) is 0 Å². The van der Waals surface area contributed by atoms with Gasteiger partial charge in [-0.3, -0.25) is 14.7 Å². The molecule has 10 heteroatoms. The van der Waals surface area contributed by atoms with E-state index >= 15 is 0 Å². The number of hydrogen-bond acceptors (Lipinski definition) is 7. The monoisotopic (exact) mass is 494 g/mol. The molecule has 2 aromatic carbocycles. The van der Waals surface area contributed by atoms with Crippen molar-refractivity contribution in [2.75, 3.05) is 36.5 Å². The third-order valence-corrected chi connectivity index (χ3v) is 6.76. The molecule has 1 aliphatic rings. The van der Waals surface area contributed by atoms with Crippen LogP contribution in [0.15, 0.2) is 47.6 Å². The highest BCUT2D eigenvalue weighted by Gasteiger charge is 2.25. The summed E-state index contributed by atoms with van der Waals surface area (Å²) in [6, 6.07) is 13.2. The molecule has 1 aromatic heterocycles. The van der Waals surface area contributed by atoms with Crippen molar-refractivity contribution in [1.82, 2.24) is 20.1 Å². The van der Waals surface area contributed by atoms with E-state index in [2.05, 4.69) is 25.7 Å². The lowest BCUT2D eigenvalue weighted by Crippen LogP contribution is -2.39. The number of hydrogen-bond donors (Lipinski definition) is 2. The summed E-state index contributed by atoms with van der Waals surface area (Å²) in [4.78, 5) is 27.4. The SMILES string of the molecule is Cc1ccc(-n2c(SC(C)C(=O)NC(=O)Nc3ccc(C)cc3C)nnc2N2CCOCC2)cc1. The van der Waals surface area contributed by atoms with E-state index in [4.69, 9.17) is 4.74 Å². The van der Waals surface area contributed by atoms with Crippen LogP contribution in [-0.4, -0.2) is 58.3 Å². The van der Waals surface area contributed by atoms with Crippen LogP contribution in [0.3, 0.4) is 0 Å². The quantitative estimate of drug-likeness (QED) is 0.502. The van der Waals surface area contributed by atoms with Gasteiger partial charge in [-0.2, -0.15) is 0 Å². The molecule has 3 aromatic rings. The Morgan fingerprint density at radius 1 is 1.00 bits per heavy atom. The van der Waals surface area contributed by atoms with Crippen molar-refractivity contribution in [3.05, 3.63) is 59.2 Å². The van der Waals surface area contributed by atoms with Crippen LogP contribution in [0.4, 0.5) is 16.4 Å². The summed E-state index contributed by atoms with van der Waals surface area (Å²) in [6.45, 7) is 10.3. The fraction of sp³-hybridized carbons (Fsp3) is 0.360. The number of rotatable bonds is 6. The number of benzene rings is 2. The smallest absolute Gasteiger partial charge is 0.325 e. The van der Waals surface area contributed by atoms with Crippen LogP contribution < -0.4 is 15.5 Å². The molecule has 1 aliphatic heterocycles. The molecule has 0 aliphatic carbocycles. The number of imide groups is 1. The molecule has 4 rings (SSSR count). The minimum atomic E-state index is -0.578. The second-order valence-corrected chi connectivity index (χ2v) is 9.88. The number of ether oxygens (including phenoxy) is 1. The summed E-state index contributed by atoms with van der Waals surface area (Å²) in [6.07, 6.45) is 0. The number of nitrogens with one attached hydrogen (secondary N) is 2. The zero-order chi connectivity index (χ0) is 24.9. The van der Waals surface area contributed by atoms with Gasteiger partial charge in [-0.25, -0.2) is 4.79 Å². The van der Waals surface area contributed by atoms with Gasteiger partial charge in [0.05, 0.1) is 24.2 Å². The van der Waals surface area contributed by atoms with Gasteiger partial charge in [0.2, 0.25) is 11.9 Å². The topological polar surface area (TPSA) is 101 Å². The predicted molar refractivity (Wildman–Crippen MR) is 138 cm³/mol. The first kappa shape index (κ1) is 24.7. The van der Waals surface area contributed by atoms with Crippen LogP contribution in [0, 0.1) is 20.8 Å². The van der Waals surface area contributed by atoms with Crippen LogP contribution >= 0.6 is 11.8 Å². The normalized spacial score (nSPS) is 14.5. The van der Waals surface area contributed by atoms with Gasteiger partial charge >= 0.3 is 6.03 Å². The van der Waals surface area contributed by atoms with Crippen molar-refractivity contribution < 1.29 is 14.3 Å². The van der Waals surface area contributed by atoms with Crippen LogP contribution in [0.2, 0.25) is 0 Å². The predicted octanol–water partition coefficient (Wildman–Crippen LogP) is 3.86. The van der Waals surface area contributed by atoms with Gasteiger partial charge in [0.1, 0.15) is 0 Å². The summed E-state index contributed by atoms with van der Waals surface area (Å²) in [5.74, 6) is 0.295. The molecule has 3 amide bonds. The Balaban J connectivity index is 1.49. The van der Waals surface area contributed by atoms with Gasteiger partial charge in [-0.1, -0.05) is 47.2 Å². The minimum Gasteiger partial charge on any atom is -0.378 e. The molecule has 0 saturated carbocycles. The van der Waals surface area contributed by atoms with E-state index < -0.39 is 17.2 Å². The molecule has 9 nitrogen and oxygen atoms in total. The average molecular weight is 495 g/mol. The van der Waals surface area contributed by atoms with Gasteiger partial charge in [0, 0.05) is 18.8 Å². The molecular formula is C25H30N6O3S. The Morgan fingerprint density at radius 3 is 2.37 bits per heavy atom. The molecule has 1 saturated heterocycles. The summed E-state index contributed by atoms with van der Waals surface area (Å²) >= 11 is 1.25. The van der Waals surface area contributed by atoms with Gasteiger partial charge in [0.15, 0.2) is 5.16 Å². The van der Waals surface area contributed by atoms with Crippen molar-refractivity contribution in [2.24, 2.45) is 0 Å². The largest absolute Gasteiger partial charge is 0.378 e. The first-order valence-corrected chi connectivity index (χ1v) is 12.4. The van der Waals surface area contributed by atoms with Crippen LogP contribution in [0.1, 0.15) is 23.6 Å². The molecule has 184 valence electrons. The van der Waals surface area contributed by atoms with E-state index in [0.717, 1.165) is 22.4 Å². The number of anilines is 2. The molecule has 0 spiro atoms. The Morgan fingerprint density at radius 2 is 1.69 bits per heavy atom. The Kier molecular flexibility index (Phi) is 7.72. The zero-order valence-corrected chi connectivity index (χ0v) is 21.2. The highest BCUT2D eigenvalue weighted by molar-refractivity contribution is 8.00. The third kappa shape index (κ3) is 6.01. The molecule has 2 N–H and O–H groups in total. The highest BCUT2D eigenvalue weighted by atomic mass is 32.2. The Labute approximate surface area is 209 Å². The van der Waals surface area contributed by atoms with E-state index in [9.17, 15) is 9.59 Å². The molecule has 35 heavy (non-hydrogen) atoms.